The van der Waals surface area contributed by atoms with Crippen LogP contribution in [0.15, 0.2) is 71.6 Å². The van der Waals surface area contributed by atoms with Crippen LogP contribution >= 0.6 is 0 Å². The SMILES string of the molecule is COc1ccc(CN(C)C(=O)COc2ccc(S(=O)(=O)Nc3cc(C)cc(C)c3)cc2)cc1. The fourth-order valence-electron chi connectivity index (χ4n) is 3.31. The smallest absolute Gasteiger partial charge is 0.261 e. The number of hydrogen-bond donors (Lipinski definition) is 1. The third-order valence-electron chi connectivity index (χ3n) is 4.97. The summed E-state index contributed by atoms with van der Waals surface area (Å²) in [6, 6.07) is 19.0. The minimum Gasteiger partial charge on any atom is -0.497 e. The first-order chi connectivity index (χ1) is 15.7. The third kappa shape index (κ3) is 6.73. The maximum absolute atomic E-state index is 12.7. The summed E-state index contributed by atoms with van der Waals surface area (Å²) in [5.41, 5.74) is 3.42. The van der Waals surface area contributed by atoms with Gasteiger partial charge in [0, 0.05) is 19.3 Å². The number of ether oxygens (including phenoxy) is 2. The number of anilines is 1. The first kappa shape index (κ1) is 24.1. The molecule has 0 radical (unpaired) electrons. The second-order valence-corrected chi connectivity index (χ2v) is 9.52. The number of nitrogens with one attached hydrogen (secondary N) is 1. The molecule has 3 aromatic rings. The lowest BCUT2D eigenvalue weighted by atomic mass is 10.1. The number of amides is 1. The molecule has 33 heavy (non-hydrogen) atoms. The van der Waals surface area contributed by atoms with Crippen molar-refractivity contribution >= 4 is 21.6 Å². The zero-order valence-corrected chi connectivity index (χ0v) is 20.0. The van der Waals surface area contributed by atoms with E-state index in [4.69, 9.17) is 9.47 Å². The lowest BCUT2D eigenvalue weighted by molar-refractivity contribution is -0.132. The standard InChI is InChI=1S/C25H28N2O5S/c1-18-13-19(2)15-21(14-18)26-33(29,30)24-11-9-23(10-12-24)32-17-25(28)27(3)16-20-5-7-22(31-4)8-6-20/h5-15,26H,16-17H2,1-4H3. The second-order valence-electron chi connectivity index (χ2n) is 7.84. The average Bonchev–Trinajstić information content (AvgIpc) is 2.77. The first-order valence-electron chi connectivity index (χ1n) is 10.4. The van der Waals surface area contributed by atoms with Crippen LogP contribution in [0.4, 0.5) is 5.69 Å². The summed E-state index contributed by atoms with van der Waals surface area (Å²) in [5, 5.41) is 0. The maximum atomic E-state index is 12.7. The quantitative estimate of drug-likeness (QED) is 0.510. The van der Waals surface area contributed by atoms with E-state index in [0.29, 0.717) is 18.0 Å². The highest BCUT2D eigenvalue weighted by molar-refractivity contribution is 7.92. The molecule has 0 aliphatic carbocycles. The van der Waals surface area contributed by atoms with Gasteiger partial charge < -0.3 is 14.4 Å². The zero-order chi connectivity index (χ0) is 24.0. The number of carbonyl (C=O) groups is 1. The van der Waals surface area contributed by atoms with Crippen LogP contribution in [0.3, 0.4) is 0 Å². The molecule has 0 aliphatic rings. The van der Waals surface area contributed by atoms with Crippen molar-refractivity contribution in [2.45, 2.75) is 25.3 Å². The van der Waals surface area contributed by atoms with Crippen LogP contribution in [0.2, 0.25) is 0 Å². The summed E-state index contributed by atoms with van der Waals surface area (Å²) in [6.45, 7) is 4.10. The van der Waals surface area contributed by atoms with Gasteiger partial charge in [-0.15, -0.1) is 0 Å². The zero-order valence-electron chi connectivity index (χ0n) is 19.2. The number of nitrogens with zero attached hydrogens (tertiary/aromatic N) is 1. The van der Waals surface area contributed by atoms with E-state index in [2.05, 4.69) is 4.72 Å². The molecule has 0 atom stereocenters. The molecule has 0 unspecified atom stereocenters. The summed E-state index contributed by atoms with van der Waals surface area (Å²) < 4.78 is 38.7. The van der Waals surface area contributed by atoms with E-state index in [9.17, 15) is 13.2 Å². The van der Waals surface area contributed by atoms with Gasteiger partial charge in [-0.2, -0.15) is 0 Å². The molecule has 0 spiro atoms. The molecular formula is C25H28N2O5S. The molecule has 0 fully saturated rings. The van der Waals surface area contributed by atoms with E-state index in [1.165, 1.54) is 24.3 Å². The number of likely N-dealkylation sites (N-methyl/N-ethyl adjacent to an activating group) is 1. The van der Waals surface area contributed by atoms with Gasteiger partial charge in [-0.1, -0.05) is 18.2 Å². The van der Waals surface area contributed by atoms with Crippen LogP contribution in [0.5, 0.6) is 11.5 Å². The Bertz CT molecular complexity index is 1190. The third-order valence-corrected chi connectivity index (χ3v) is 6.37. The van der Waals surface area contributed by atoms with Gasteiger partial charge in [0.25, 0.3) is 15.9 Å². The van der Waals surface area contributed by atoms with Crippen LogP contribution in [-0.4, -0.2) is 40.0 Å². The largest absolute Gasteiger partial charge is 0.497 e. The molecular weight excluding hydrogens is 440 g/mol. The van der Waals surface area contributed by atoms with Crippen LogP contribution in [-0.2, 0) is 21.4 Å². The molecule has 174 valence electrons. The number of hydrogen-bond acceptors (Lipinski definition) is 5. The van der Waals surface area contributed by atoms with Crippen LogP contribution < -0.4 is 14.2 Å². The van der Waals surface area contributed by atoms with E-state index < -0.39 is 10.0 Å². The lowest BCUT2D eigenvalue weighted by Gasteiger charge is -2.18. The number of sulfonamides is 1. The molecule has 0 bridgehead atoms. The van der Waals surface area contributed by atoms with Crippen molar-refractivity contribution in [3.63, 3.8) is 0 Å². The van der Waals surface area contributed by atoms with Crippen LogP contribution in [0.1, 0.15) is 16.7 Å². The van der Waals surface area contributed by atoms with Gasteiger partial charge in [0.05, 0.1) is 12.0 Å². The van der Waals surface area contributed by atoms with E-state index >= 15 is 0 Å². The molecule has 1 amide bonds. The average molecular weight is 469 g/mol. The molecule has 0 aliphatic heterocycles. The Kier molecular flexibility index (Phi) is 7.60. The predicted molar refractivity (Wildman–Crippen MR) is 128 cm³/mol. The topological polar surface area (TPSA) is 84.9 Å². The summed E-state index contributed by atoms with van der Waals surface area (Å²) in [4.78, 5) is 14.1. The normalized spacial score (nSPS) is 11.0. The van der Waals surface area contributed by atoms with Gasteiger partial charge in [-0.25, -0.2) is 8.42 Å². The second kappa shape index (κ2) is 10.4. The predicted octanol–water partition coefficient (Wildman–Crippen LogP) is 4.15. The van der Waals surface area contributed by atoms with E-state index in [1.807, 2.05) is 44.2 Å². The van der Waals surface area contributed by atoms with Crippen LogP contribution in [0, 0.1) is 13.8 Å². The number of rotatable bonds is 9. The molecule has 0 heterocycles. The van der Waals surface area contributed by atoms with Crippen LogP contribution in [0.25, 0.3) is 0 Å². The Morgan fingerprint density at radius 2 is 1.48 bits per heavy atom. The number of benzene rings is 3. The Labute approximate surface area is 195 Å². The molecule has 8 heteroatoms. The fourth-order valence-corrected chi connectivity index (χ4v) is 4.35. The lowest BCUT2D eigenvalue weighted by Crippen LogP contribution is -2.30. The molecule has 7 nitrogen and oxygen atoms in total. The highest BCUT2D eigenvalue weighted by atomic mass is 32.2. The van der Waals surface area contributed by atoms with Crippen molar-refractivity contribution in [1.29, 1.82) is 0 Å². The molecule has 3 aromatic carbocycles. The Hall–Kier alpha value is -3.52. The van der Waals surface area contributed by atoms with Gasteiger partial charge in [0.15, 0.2) is 6.61 Å². The minimum absolute atomic E-state index is 0.108. The first-order valence-corrected chi connectivity index (χ1v) is 11.9. The number of carbonyl (C=O) groups excluding carboxylic acids is 1. The van der Waals surface area contributed by atoms with Crippen molar-refractivity contribution in [3.05, 3.63) is 83.4 Å². The Balaban J connectivity index is 1.56. The van der Waals surface area contributed by atoms with Crippen molar-refractivity contribution < 1.29 is 22.7 Å². The molecule has 3 rings (SSSR count). The van der Waals surface area contributed by atoms with Gasteiger partial charge in [0.1, 0.15) is 11.5 Å². The van der Waals surface area contributed by atoms with Crippen molar-refractivity contribution in [2.24, 2.45) is 0 Å². The van der Waals surface area contributed by atoms with Crippen molar-refractivity contribution in [2.75, 3.05) is 25.5 Å². The molecule has 0 aromatic heterocycles. The summed E-state index contributed by atoms with van der Waals surface area (Å²) in [7, 11) is -0.436. The summed E-state index contributed by atoms with van der Waals surface area (Å²) in [6.07, 6.45) is 0. The fraction of sp³-hybridized carbons (Fsp3) is 0.240. The van der Waals surface area contributed by atoms with Gasteiger partial charge in [0.2, 0.25) is 0 Å². The minimum atomic E-state index is -3.74. The maximum Gasteiger partial charge on any atom is 0.261 e. The van der Waals surface area contributed by atoms with Crippen molar-refractivity contribution in [1.82, 2.24) is 4.90 Å². The summed E-state index contributed by atoms with van der Waals surface area (Å²) in [5.74, 6) is 0.969. The molecule has 0 saturated heterocycles. The highest BCUT2D eigenvalue weighted by Gasteiger charge is 2.15. The summed E-state index contributed by atoms with van der Waals surface area (Å²) >= 11 is 0. The molecule has 1 N–H and O–H groups in total. The van der Waals surface area contributed by atoms with E-state index in [-0.39, 0.29) is 17.4 Å². The van der Waals surface area contributed by atoms with E-state index in [1.54, 1.807) is 31.2 Å². The van der Waals surface area contributed by atoms with E-state index in [0.717, 1.165) is 22.4 Å². The van der Waals surface area contributed by atoms with Gasteiger partial charge in [-0.05, 0) is 79.1 Å². The highest BCUT2D eigenvalue weighted by Crippen LogP contribution is 2.21. The van der Waals surface area contributed by atoms with Gasteiger partial charge in [-0.3, -0.25) is 9.52 Å². The Morgan fingerprint density at radius 3 is 2.06 bits per heavy atom. The number of aryl methyl sites for hydroxylation is 2. The molecule has 0 saturated carbocycles. The Morgan fingerprint density at radius 1 is 0.909 bits per heavy atom. The number of methoxy groups -OCH3 is 1. The monoisotopic (exact) mass is 468 g/mol. The van der Waals surface area contributed by atoms with Crippen molar-refractivity contribution in [3.8, 4) is 11.5 Å². The van der Waals surface area contributed by atoms with Gasteiger partial charge >= 0.3 is 0 Å².